The van der Waals surface area contributed by atoms with Crippen LogP contribution in [0.25, 0.3) is 89.3 Å². The van der Waals surface area contributed by atoms with Crippen LogP contribution in [0.15, 0.2) is 197 Å². The lowest BCUT2D eigenvalue weighted by molar-refractivity contribution is 0.620. The number of aromatic nitrogens is 4. The van der Waals surface area contributed by atoms with Gasteiger partial charge in [-0.15, -0.1) is 0 Å². The molecule has 7 heteroatoms. The SMILES string of the molecule is c1ccc(-c2cc(-c3ccc(N(c4ccc(-c5ccc6c(n5)oc5ccccc56)cc4)c4ccc(-c5nc6ccccc6o5)cc4)cc3)nc3cccnc23)cc1. The third-order valence-electron chi connectivity index (χ3n) is 10.4. The summed E-state index contributed by atoms with van der Waals surface area (Å²) in [5, 5.41) is 2.07. The summed E-state index contributed by atoms with van der Waals surface area (Å²) in [5.74, 6) is 0.588. The predicted octanol–water partition coefficient (Wildman–Crippen LogP) is 13.2. The summed E-state index contributed by atoms with van der Waals surface area (Å²) in [4.78, 5) is 21.6. The highest BCUT2D eigenvalue weighted by Gasteiger charge is 2.17. The molecule has 0 aliphatic heterocycles. The van der Waals surface area contributed by atoms with Gasteiger partial charge in [-0.05, 0) is 103 Å². The van der Waals surface area contributed by atoms with Crippen molar-refractivity contribution in [3.63, 3.8) is 0 Å². The Morgan fingerprint density at radius 3 is 1.77 bits per heavy atom. The quantitative estimate of drug-likeness (QED) is 0.161. The molecule has 6 aromatic carbocycles. The molecule has 0 N–H and O–H groups in total. The smallest absolute Gasteiger partial charge is 0.227 e. The van der Waals surface area contributed by atoms with Crippen molar-refractivity contribution in [3.05, 3.63) is 188 Å². The van der Waals surface area contributed by atoms with E-state index in [9.17, 15) is 0 Å². The van der Waals surface area contributed by atoms with E-state index in [0.717, 1.165) is 94.8 Å². The van der Waals surface area contributed by atoms with E-state index >= 15 is 0 Å². The van der Waals surface area contributed by atoms with Gasteiger partial charge < -0.3 is 13.7 Å². The number of para-hydroxylation sites is 3. The molecule has 0 saturated carbocycles. The van der Waals surface area contributed by atoms with Gasteiger partial charge in [0.1, 0.15) is 11.1 Å². The first-order valence-electron chi connectivity index (χ1n) is 18.8. The van der Waals surface area contributed by atoms with Crippen LogP contribution in [0.1, 0.15) is 0 Å². The van der Waals surface area contributed by atoms with E-state index in [2.05, 4.69) is 126 Å². The lowest BCUT2D eigenvalue weighted by Crippen LogP contribution is -2.09. The Balaban J connectivity index is 0.975. The normalized spacial score (nSPS) is 11.5. The molecule has 0 radical (unpaired) electrons. The van der Waals surface area contributed by atoms with Gasteiger partial charge in [0.15, 0.2) is 5.58 Å². The van der Waals surface area contributed by atoms with Crippen molar-refractivity contribution in [2.45, 2.75) is 0 Å². The molecular formula is C50H31N5O2. The van der Waals surface area contributed by atoms with Crippen LogP contribution < -0.4 is 4.90 Å². The van der Waals surface area contributed by atoms with E-state index in [1.165, 1.54) is 0 Å². The molecule has 0 aliphatic carbocycles. The van der Waals surface area contributed by atoms with E-state index in [0.29, 0.717) is 11.6 Å². The Labute approximate surface area is 327 Å². The van der Waals surface area contributed by atoms with Crippen molar-refractivity contribution in [2.75, 3.05) is 4.90 Å². The summed E-state index contributed by atoms with van der Waals surface area (Å²) in [6.07, 6.45) is 1.82. The number of hydrogen-bond acceptors (Lipinski definition) is 7. The minimum atomic E-state index is 0.588. The summed E-state index contributed by atoms with van der Waals surface area (Å²) in [7, 11) is 0. The van der Waals surface area contributed by atoms with Crippen molar-refractivity contribution in [3.8, 4) is 45.1 Å². The molecule has 11 rings (SSSR count). The van der Waals surface area contributed by atoms with Crippen molar-refractivity contribution in [1.29, 1.82) is 0 Å². The summed E-state index contributed by atoms with van der Waals surface area (Å²) >= 11 is 0. The zero-order valence-corrected chi connectivity index (χ0v) is 30.5. The van der Waals surface area contributed by atoms with Gasteiger partial charge in [-0.3, -0.25) is 4.98 Å². The maximum absolute atomic E-state index is 6.10. The first-order chi connectivity index (χ1) is 28.2. The van der Waals surface area contributed by atoms with Crippen molar-refractivity contribution in [1.82, 2.24) is 19.9 Å². The van der Waals surface area contributed by atoms with Crippen LogP contribution >= 0.6 is 0 Å². The molecule has 0 atom stereocenters. The standard InChI is InChI=1S/C50H31N5O2/c1-2-9-32(10-3-1)41-31-45(52-44-13-8-30-51-48(41)44)34-18-24-37(25-19-34)55(38-26-20-35(21-27-38)49-54-43-12-5-7-15-47(43)57-49)36-22-16-33(17-23-36)42-29-28-40-39-11-4-6-14-46(39)56-50(40)53-42/h1-31H. The van der Waals surface area contributed by atoms with Crippen LogP contribution in [-0.2, 0) is 0 Å². The molecular weight excluding hydrogens is 703 g/mol. The highest BCUT2D eigenvalue weighted by Crippen LogP contribution is 2.39. The molecule has 0 saturated heterocycles. The predicted molar refractivity (Wildman–Crippen MR) is 229 cm³/mol. The molecule has 0 spiro atoms. The minimum absolute atomic E-state index is 0.588. The number of fused-ring (bicyclic) bond motifs is 5. The third-order valence-corrected chi connectivity index (χ3v) is 10.4. The van der Waals surface area contributed by atoms with Crippen LogP contribution in [-0.4, -0.2) is 19.9 Å². The molecule has 0 aliphatic rings. The zero-order chi connectivity index (χ0) is 37.7. The molecule has 0 bridgehead atoms. The molecule has 0 fully saturated rings. The topological polar surface area (TPSA) is 81.1 Å². The van der Waals surface area contributed by atoms with Gasteiger partial charge in [-0.1, -0.05) is 84.9 Å². The lowest BCUT2D eigenvalue weighted by Gasteiger charge is -2.26. The zero-order valence-electron chi connectivity index (χ0n) is 30.5. The summed E-state index contributed by atoms with van der Waals surface area (Å²) in [6, 6.07) is 61.8. The van der Waals surface area contributed by atoms with E-state index in [1.807, 2.05) is 66.9 Å². The Kier molecular flexibility index (Phi) is 7.67. The number of nitrogens with zero attached hydrogens (tertiary/aromatic N) is 5. The van der Waals surface area contributed by atoms with Gasteiger partial charge in [0.2, 0.25) is 11.6 Å². The first-order valence-corrected chi connectivity index (χ1v) is 18.8. The van der Waals surface area contributed by atoms with Crippen LogP contribution in [0, 0.1) is 0 Å². The Morgan fingerprint density at radius 1 is 0.404 bits per heavy atom. The molecule has 5 heterocycles. The van der Waals surface area contributed by atoms with Gasteiger partial charge >= 0.3 is 0 Å². The molecule has 11 aromatic rings. The average molecular weight is 734 g/mol. The number of hydrogen-bond donors (Lipinski definition) is 0. The molecule has 5 aromatic heterocycles. The van der Waals surface area contributed by atoms with Gasteiger partial charge in [-0.2, -0.15) is 0 Å². The summed E-state index contributed by atoms with van der Waals surface area (Å²) in [5.41, 5.74) is 14.6. The highest BCUT2D eigenvalue weighted by atomic mass is 16.3. The minimum Gasteiger partial charge on any atom is -0.438 e. The van der Waals surface area contributed by atoms with Crippen molar-refractivity contribution < 1.29 is 8.83 Å². The summed E-state index contributed by atoms with van der Waals surface area (Å²) < 4.78 is 12.2. The number of benzene rings is 6. The van der Waals surface area contributed by atoms with Gasteiger partial charge in [-0.25, -0.2) is 15.0 Å². The van der Waals surface area contributed by atoms with E-state index < -0.39 is 0 Å². The molecule has 0 unspecified atom stereocenters. The first kappa shape index (κ1) is 32.5. The number of furan rings is 1. The largest absolute Gasteiger partial charge is 0.438 e. The van der Waals surface area contributed by atoms with E-state index in [4.69, 9.17) is 28.8 Å². The van der Waals surface area contributed by atoms with E-state index in [-0.39, 0.29) is 0 Å². The van der Waals surface area contributed by atoms with Crippen LogP contribution in [0.5, 0.6) is 0 Å². The second-order valence-electron chi connectivity index (χ2n) is 13.9. The van der Waals surface area contributed by atoms with Crippen LogP contribution in [0.4, 0.5) is 17.1 Å². The van der Waals surface area contributed by atoms with Crippen molar-refractivity contribution in [2.24, 2.45) is 0 Å². The maximum Gasteiger partial charge on any atom is 0.227 e. The molecule has 57 heavy (non-hydrogen) atoms. The number of pyridine rings is 3. The van der Waals surface area contributed by atoms with Gasteiger partial charge in [0.05, 0.1) is 22.4 Å². The van der Waals surface area contributed by atoms with Gasteiger partial charge in [0.25, 0.3) is 0 Å². The van der Waals surface area contributed by atoms with Crippen LogP contribution in [0.3, 0.4) is 0 Å². The fourth-order valence-electron chi connectivity index (χ4n) is 7.57. The van der Waals surface area contributed by atoms with Gasteiger partial charge in [0, 0.05) is 56.3 Å². The molecule has 268 valence electrons. The lowest BCUT2D eigenvalue weighted by atomic mass is 10.0. The highest BCUT2D eigenvalue weighted by molar-refractivity contribution is 6.04. The fourth-order valence-corrected chi connectivity index (χ4v) is 7.57. The molecule has 0 amide bonds. The Morgan fingerprint density at radius 2 is 1.04 bits per heavy atom. The molecule has 7 nitrogen and oxygen atoms in total. The average Bonchev–Trinajstić information content (AvgIpc) is 3.89. The Hall–Kier alpha value is -7.90. The monoisotopic (exact) mass is 733 g/mol. The second kappa shape index (κ2) is 13.4. The maximum atomic E-state index is 6.10. The van der Waals surface area contributed by atoms with E-state index in [1.54, 1.807) is 0 Å². The number of oxazole rings is 1. The van der Waals surface area contributed by atoms with Crippen LogP contribution in [0.2, 0.25) is 0 Å². The fraction of sp³-hybridized carbons (Fsp3) is 0. The number of anilines is 3. The summed E-state index contributed by atoms with van der Waals surface area (Å²) in [6.45, 7) is 0. The number of rotatable bonds is 7. The second-order valence-corrected chi connectivity index (χ2v) is 13.9. The van der Waals surface area contributed by atoms with Crippen molar-refractivity contribution >= 4 is 61.3 Å². The Bertz CT molecular complexity index is 3190. The third kappa shape index (κ3) is 5.86.